The van der Waals surface area contributed by atoms with Crippen molar-refractivity contribution in [1.82, 2.24) is 0 Å². The summed E-state index contributed by atoms with van der Waals surface area (Å²) in [5, 5.41) is 0. The van der Waals surface area contributed by atoms with Crippen molar-refractivity contribution in [3.8, 4) is 17.2 Å². The van der Waals surface area contributed by atoms with E-state index in [-0.39, 0.29) is 0 Å². The molecule has 0 heterocycles. The second-order valence-electron chi connectivity index (χ2n) is 14.7. The Morgan fingerprint density at radius 3 is 0.833 bits per heavy atom. The van der Waals surface area contributed by atoms with Gasteiger partial charge in [0.15, 0.2) is 17.2 Å². The van der Waals surface area contributed by atoms with E-state index in [0.717, 1.165) is 16.7 Å². The molecule has 4 aromatic carbocycles. The lowest BCUT2D eigenvalue weighted by atomic mass is 9.77. The highest BCUT2D eigenvalue weighted by molar-refractivity contribution is 5.40. The molecular formula is C42H54O6. The van der Waals surface area contributed by atoms with E-state index < -0.39 is 16.8 Å². The topological polar surface area (TPSA) is 55.4 Å². The third kappa shape index (κ3) is 10.3. The maximum atomic E-state index is 6.42. The van der Waals surface area contributed by atoms with Gasteiger partial charge in [-0.05, 0) is 129 Å². The molecule has 0 aromatic heterocycles. The minimum absolute atomic E-state index is 0.306. The number of benzene rings is 4. The fourth-order valence-corrected chi connectivity index (χ4v) is 6.33. The van der Waals surface area contributed by atoms with Gasteiger partial charge in [0, 0.05) is 0 Å². The largest absolute Gasteiger partial charge is 0.337 e. The van der Waals surface area contributed by atoms with Crippen LogP contribution in [0.3, 0.4) is 0 Å². The fraction of sp³-hybridized carbons (Fsp3) is 0.429. The molecule has 0 saturated heterocycles. The first-order valence-corrected chi connectivity index (χ1v) is 17.2. The Balaban J connectivity index is 1.87. The smallest absolute Gasteiger partial charge is 0.165 e. The molecule has 0 aliphatic carbocycles. The quantitative estimate of drug-likeness (QED) is 0.0786. The SMILES string of the molecule is CC(C)CC(C)(OOc1ccccc1)c1cc(C(C)(CC(C)C)OOc2ccccc2)cc(C(C)(CC(C)C)OOc2ccccc2)c1. The van der Waals surface area contributed by atoms with Crippen molar-refractivity contribution in [1.29, 1.82) is 0 Å². The van der Waals surface area contributed by atoms with E-state index in [4.69, 9.17) is 29.3 Å². The van der Waals surface area contributed by atoms with Crippen LogP contribution in [0.15, 0.2) is 109 Å². The molecule has 0 bridgehead atoms. The maximum Gasteiger partial charge on any atom is 0.165 e. The summed E-state index contributed by atoms with van der Waals surface area (Å²) in [5.41, 5.74) is 0.343. The molecule has 0 N–H and O–H groups in total. The molecule has 0 aliphatic heterocycles. The van der Waals surface area contributed by atoms with Gasteiger partial charge in [0.2, 0.25) is 0 Å². The van der Waals surface area contributed by atoms with Crippen molar-refractivity contribution in [2.24, 2.45) is 17.8 Å². The van der Waals surface area contributed by atoms with Crippen LogP contribution in [0, 0.1) is 17.8 Å². The molecule has 0 spiro atoms. The molecule has 0 radical (unpaired) electrons. The van der Waals surface area contributed by atoms with Crippen molar-refractivity contribution < 1.29 is 29.3 Å². The van der Waals surface area contributed by atoms with Crippen LogP contribution in [-0.2, 0) is 31.5 Å². The van der Waals surface area contributed by atoms with Gasteiger partial charge in [-0.3, -0.25) is 0 Å². The summed E-state index contributed by atoms with van der Waals surface area (Å²) in [5.74, 6) is 2.83. The van der Waals surface area contributed by atoms with Crippen LogP contribution >= 0.6 is 0 Å². The molecule has 4 rings (SSSR count). The molecule has 3 unspecified atom stereocenters. The molecule has 0 saturated carbocycles. The van der Waals surface area contributed by atoms with Crippen LogP contribution in [0.5, 0.6) is 17.2 Å². The molecular weight excluding hydrogens is 600 g/mol. The van der Waals surface area contributed by atoms with Crippen molar-refractivity contribution >= 4 is 0 Å². The number of hydrogen-bond acceptors (Lipinski definition) is 6. The van der Waals surface area contributed by atoms with Gasteiger partial charge in [-0.1, -0.05) is 96.1 Å². The van der Waals surface area contributed by atoms with E-state index in [1.807, 2.05) is 91.0 Å². The van der Waals surface area contributed by atoms with Crippen LogP contribution in [0.1, 0.15) is 98.3 Å². The predicted octanol–water partition coefficient (Wildman–Crippen LogP) is 11.5. The fourth-order valence-electron chi connectivity index (χ4n) is 6.33. The zero-order valence-corrected chi connectivity index (χ0v) is 30.2. The predicted molar refractivity (Wildman–Crippen MR) is 191 cm³/mol. The van der Waals surface area contributed by atoms with Crippen molar-refractivity contribution in [3.05, 3.63) is 126 Å². The molecule has 0 aliphatic rings. The maximum absolute atomic E-state index is 6.42. The summed E-state index contributed by atoms with van der Waals surface area (Å²) in [6.45, 7) is 19.4. The Kier molecular flexibility index (Phi) is 12.7. The highest BCUT2D eigenvalue weighted by Crippen LogP contribution is 2.43. The summed E-state index contributed by atoms with van der Waals surface area (Å²) < 4.78 is 0. The summed E-state index contributed by atoms with van der Waals surface area (Å²) in [6, 6.07) is 35.3. The Hall–Kier alpha value is -3.84. The molecule has 3 atom stereocenters. The summed E-state index contributed by atoms with van der Waals surface area (Å²) in [7, 11) is 0. The van der Waals surface area contributed by atoms with Gasteiger partial charge in [0.05, 0.1) is 0 Å². The van der Waals surface area contributed by atoms with Crippen LogP contribution in [0.4, 0.5) is 0 Å². The molecule has 6 heteroatoms. The van der Waals surface area contributed by atoms with E-state index in [1.165, 1.54) is 0 Å². The average molecular weight is 655 g/mol. The Labute approximate surface area is 288 Å². The van der Waals surface area contributed by atoms with E-state index in [9.17, 15) is 0 Å². The minimum atomic E-state index is -0.827. The number of hydrogen-bond donors (Lipinski definition) is 0. The van der Waals surface area contributed by atoms with Crippen LogP contribution < -0.4 is 14.7 Å². The third-order valence-corrected chi connectivity index (χ3v) is 8.35. The normalized spacial score (nSPS) is 15.5. The summed E-state index contributed by atoms with van der Waals surface area (Å²) >= 11 is 0. The van der Waals surface area contributed by atoms with Crippen molar-refractivity contribution in [3.63, 3.8) is 0 Å². The van der Waals surface area contributed by atoms with Gasteiger partial charge >= 0.3 is 0 Å². The highest BCUT2D eigenvalue weighted by atomic mass is 17.2. The lowest BCUT2D eigenvalue weighted by Crippen LogP contribution is -2.35. The molecule has 0 fully saturated rings. The van der Waals surface area contributed by atoms with E-state index in [2.05, 4.69) is 80.5 Å². The zero-order valence-electron chi connectivity index (χ0n) is 30.2. The first kappa shape index (κ1) is 37.0. The lowest BCUT2D eigenvalue weighted by Gasteiger charge is -2.37. The lowest BCUT2D eigenvalue weighted by molar-refractivity contribution is -0.301. The number of para-hydroxylation sites is 3. The molecule has 48 heavy (non-hydrogen) atoms. The van der Waals surface area contributed by atoms with Crippen LogP contribution in [0.2, 0.25) is 0 Å². The Bertz CT molecular complexity index is 1330. The second kappa shape index (κ2) is 16.5. The second-order valence-corrected chi connectivity index (χ2v) is 14.7. The third-order valence-electron chi connectivity index (χ3n) is 8.35. The monoisotopic (exact) mass is 654 g/mol. The van der Waals surface area contributed by atoms with E-state index in [1.54, 1.807) is 0 Å². The molecule has 258 valence electrons. The van der Waals surface area contributed by atoms with Gasteiger partial charge in [0.1, 0.15) is 16.8 Å². The van der Waals surface area contributed by atoms with Crippen LogP contribution in [0.25, 0.3) is 0 Å². The Morgan fingerprint density at radius 1 is 0.396 bits per heavy atom. The van der Waals surface area contributed by atoms with Gasteiger partial charge in [-0.2, -0.15) is 14.7 Å². The highest BCUT2D eigenvalue weighted by Gasteiger charge is 2.40. The summed E-state index contributed by atoms with van der Waals surface area (Å²) in [6.07, 6.45) is 2.10. The average Bonchev–Trinajstić information content (AvgIpc) is 3.06. The molecule has 4 aromatic rings. The van der Waals surface area contributed by atoms with Gasteiger partial charge in [-0.15, -0.1) is 0 Å². The van der Waals surface area contributed by atoms with Gasteiger partial charge < -0.3 is 14.7 Å². The Morgan fingerprint density at radius 2 is 0.625 bits per heavy atom. The van der Waals surface area contributed by atoms with Gasteiger partial charge in [0.25, 0.3) is 0 Å². The van der Waals surface area contributed by atoms with Gasteiger partial charge in [-0.25, -0.2) is 0 Å². The summed E-state index contributed by atoms with van der Waals surface area (Å²) in [4.78, 5) is 37.3. The van der Waals surface area contributed by atoms with Crippen molar-refractivity contribution in [2.75, 3.05) is 0 Å². The van der Waals surface area contributed by atoms with E-state index in [0.29, 0.717) is 54.3 Å². The first-order chi connectivity index (χ1) is 22.8. The minimum Gasteiger partial charge on any atom is -0.337 e. The van der Waals surface area contributed by atoms with Crippen LogP contribution in [-0.4, -0.2) is 0 Å². The zero-order chi connectivity index (χ0) is 34.8. The first-order valence-electron chi connectivity index (χ1n) is 17.2. The number of rotatable bonds is 18. The molecule has 6 nitrogen and oxygen atoms in total. The van der Waals surface area contributed by atoms with E-state index >= 15 is 0 Å². The standard InChI is InChI=1S/C42H54O6/c1-31(2)28-40(7,46-43-37-19-13-10-14-20-37)34-25-35(41(8,29-32(3)4)47-44-38-21-15-11-16-22-38)27-36(26-34)42(9,30-33(5)6)48-45-39-23-17-12-18-24-39/h10-27,31-33H,28-30H2,1-9H3. The molecule has 0 amide bonds. The van der Waals surface area contributed by atoms with Crippen molar-refractivity contribution in [2.45, 2.75) is 98.4 Å².